The van der Waals surface area contributed by atoms with E-state index in [-0.39, 0.29) is 66.9 Å². The lowest BCUT2D eigenvalue weighted by Crippen LogP contribution is -2.38. The SMILES string of the molecule is CCOc1cc(NC(=O)N2CC=C(c3ncc([C@H](O)CO)cc3Cl)CC2)ccc1C(F)(F)F.CCc1cc(NC(=O)N2CC=C(c3ncc([C@H](O)CO)cc3Cl)CC2)ccc1OC(F)(F)F.Cc1cc(NC(=O)N2CC=C(c3ncc([C@@H](O)CO)cc3Cl)CC2)ccc1C(F)(F)F.O=C(Nc1ccc(C(F)(F)F)cc1)N1CC=C(c2ncc([C@@H](O)CO)cc2Cl)CC1. The molecule has 12 rings (SSSR count). The second-order valence-corrected chi connectivity index (χ2v) is 30.2. The summed E-state index contributed by atoms with van der Waals surface area (Å²) in [5.74, 6) is -0.644. The molecule has 0 bridgehead atoms. The number of ether oxygens (including phenoxy) is 2. The van der Waals surface area contributed by atoms with Crippen molar-refractivity contribution in [3.63, 3.8) is 0 Å². The van der Waals surface area contributed by atoms with Crippen LogP contribution in [0.15, 0.2) is 152 Å². The summed E-state index contributed by atoms with van der Waals surface area (Å²) >= 11 is 25.1. The maximum atomic E-state index is 13.1. The molecule has 682 valence electrons. The minimum Gasteiger partial charge on any atom is -0.493 e. The van der Waals surface area contributed by atoms with E-state index in [4.69, 9.17) is 71.6 Å². The molecule has 0 unspecified atom stereocenters. The lowest BCUT2D eigenvalue weighted by Gasteiger charge is -2.27. The Morgan fingerprint density at radius 3 is 0.992 bits per heavy atom. The molecule has 8 heterocycles. The Morgan fingerprint density at radius 2 is 0.717 bits per heavy atom. The highest BCUT2D eigenvalue weighted by Gasteiger charge is 2.37. The molecule has 0 fully saturated rings. The van der Waals surface area contributed by atoms with E-state index in [1.54, 1.807) is 43.0 Å². The number of aryl methyl sites for hydroxylation is 2. The van der Waals surface area contributed by atoms with Gasteiger partial charge in [0.25, 0.3) is 0 Å². The van der Waals surface area contributed by atoms with Gasteiger partial charge in [0.15, 0.2) is 0 Å². The van der Waals surface area contributed by atoms with Crippen LogP contribution in [0.5, 0.6) is 11.5 Å². The van der Waals surface area contributed by atoms with Crippen LogP contribution in [0.4, 0.5) is 94.6 Å². The summed E-state index contributed by atoms with van der Waals surface area (Å²) in [4.78, 5) is 73.3. The van der Waals surface area contributed by atoms with E-state index in [9.17, 15) is 92.3 Å². The van der Waals surface area contributed by atoms with Gasteiger partial charge in [0.2, 0.25) is 0 Å². The van der Waals surface area contributed by atoms with Crippen molar-refractivity contribution in [2.75, 3.05) is 107 Å². The monoisotopic (exact) mass is 1870 g/mol. The molecule has 0 saturated heterocycles. The summed E-state index contributed by atoms with van der Waals surface area (Å²) in [6, 6.07) is 19.4. The molecule has 0 radical (unpaired) electrons. The number of hydrogen-bond donors (Lipinski definition) is 12. The first-order valence-corrected chi connectivity index (χ1v) is 40.4. The number of benzene rings is 4. The van der Waals surface area contributed by atoms with E-state index < -0.39 is 117 Å². The minimum atomic E-state index is -4.79. The van der Waals surface area contributed by atoms with E-state index in [2.05, 4.69) is 45.9 Å². The molecule has 0 saturated carbocycles. The molecule has 4 aromatic heterocycles. The number of carbonyl (C=O) groups is 4. The zero-order valence-electron chi connectivity index (χ0n) is 67.6. The van der Waals surface area contributed by atoms with Gasteiger partial charge in [-0.25, -0.2) is 19.2 Å². The number of carbonyl (C=O) groups excluding carboxylic acids is 4. The van der Waals surface area contributed by atoms with E-state index in [1.165, 1.54) is 113 Å². The highest BCUT2D eigenvalue weighted by Crippen LogP contribution is 2.41. The number of amides is 8. The zero-order chi connectivity index (χ0) is 93.0. The van der Waals surface area contributed by atoms with Gasteiger partial charge >= 0.3 is 49.0 Å². The molecule has 42 heteroatoms. The molecule has 8 aromatic rings. The van der Waals surface area contributed by atoms with Crippen LogP contribution in [0.25, 0.3) is 22.3 Å². The first kappa shape index (κ1) is 99.9. The van der Waals surface area contributed by atoms with Gasteiger partial charge in [0, 0.05) is 128 Å². The minimum absolute atomic E-state index is 0.0293. The number of aliphatic hydroxyl groups excluding tert-OH is 8. The summed E-state index contributed by atoms with van der Waals surface area (Å²) in [5, 5.41) is 86.6. The number of anilines is 4. The number of nitrogens with zero attached hydrogens (tertiary/aromatic N) is 8. The Hall–Kier alpha value is -10.9. The quantitative estimate of drug-likeness (QED) is 0.0315. The standard InChI is InChI=1S/2C22H23ClF3N3O4.C21H21ClF3N3O3.C20H19ClF3N3O3/c1-2-33-19-10-15(3-4-16(19)22(24,25)26)28-21(32)29-7-5-13(6-8-29)20-17(23)9-14(11-27-20)18(31)12-30;1-2-13-9-16(3-4-19(13)33-22(24,25)26)28-21(32)29-7-5-14(6-8-29)20-17(23)10-15(11-27-20)18(31)12-30;1-12-8-15(2-3-16(12)21(23,24)25)27-20(31)28-6-4-13(5-7-28)19-17(22)9-14(10-26-19)18(30)11-29;21-16-9-13(17(29)11-28)10-25-18(16)12-5-7-27(8-6-12)19(30)26-15-3-1-14(2-4-15)20(22,23)24/h2*3-5,9-11,18,30-31H,2,6-8,12H2,1H3,(H,28,32);2-4,8-10,18,29-30H,5-7,11H2,1H3,(H,27,31);1-5,9-10,17,28-29H,6-8,11H2,(H,26,30)/t3*18-;17-/m1100/s1. The van der Waals surface area contributed by atoms with E-state index in [1.807, 2.05) is 6.08 Å². The molecule has 12 N–H and O–H groups in total. The van der Waals surface area contributed by atoms with Crippen molar-refractivity contribution in [3.8, 4) is 11.5 Å². The molecule has 127 heavy (non-hydrogen) atoms. The van der Waals surface area contributed by atoms with E-state index in [0.717, 1.165) is 52.6 Å². The molecule has 4 aliphatic rings. The Kier molecular flexibility index (Phi) is 35.2. The van der Waals surface area contributed by atoms with Crippen LogP contribution in [0.1, 0.15) is 137 Å². The normalized spacial score (nSPS) is 15.3. The van der Waals surface area contributed by atoms with Gasteiger partial charge in [-0.2, -0.15) is 39.5 Å². The predicted molar refractivity (Wildman–Crippen MR) is 451 cm³/mol. The largest absolute Gasteiger partial charge is 0.573 e. The number of aromatic nitrogens is 4. The molecular formula is C85H86Cl4F12N12O14. The maximum Gasteiger partial charge on any atom is 0.573 e. The average molecular weight is 1870 g/mol. The number of urea groups is 4. The maximum absolute atomic E-state index is 13.1. The number of nitrogens with one attached hydrogen (secondary N) is 4. The first-order chi connectivity index (χ1) is 60.0. The zero-order valence-corrected chi connectivity index (χ0v) is 70.6. The van der Waals surface area contributed by atoms with Gasteiger partial charge in [0.1, 0.15) is 35.9 Å². The molecule has 0 spiro atoms. The number of pyridine rings is 4. The predicted octanol–water partition coefficient (Wildman–Crippen LogP) is 17.6. The molecule has 4 atom stereocenters. The Labute approximate surface area is 739 Å². The van der Waals surface area contributed by atoms with Gasteiger partial charge in [-0.15, -0.1) is 13.2 Å². The fourth-order valence-electron chi connectivity index (χ4n) is 13.1. The fourth-order valence-corrected chi connectivity index (χ4v) is 14.2. The molecule has 4 aliphatic heterocycles. The van der Waals surface area contributed by atoms with Crippen molar-refractivity contribution in [2.45, 2.75) is 102 Å². The number of rotatable bonds is 20. The second kappa shape index (κ2) is 44.7. The first-order valence-electron chi connectivity index (χ1n) is 38.9. The number of aliphatic hydroxyl groups is 8. The summed E-state index contributed by atoms with van der Waals surface area (Å²) in [6.07, 6.45) is -7.32. The van der Waals surface area contributed by atoms with Crippen molar-refractivity contribution in [1.82, 2.24) is 39.5 Å². The third kappa shape index (κ3) is 27.8. The molecule has 8 amide bonds. The molecular weight excluding hydrogens is 1780 g/mol. The van der Waals surface area contributed by atoms with E-state index >= 15 is 0 Å². The summed E-state index contributed by atoms with van der Waals surface area (Å²) in [7, 11) is 0. The summed E-state index contributed by atoms with van der Waals surface area (Å²) in [6.45, 7) is 5.45. The second-order valence-electron chi connectivity index (χ2n) is 28.6. The van der Waals surface area contributed by atoms with Crippen LogP contribution in [-0.4, -0.2) is 196 Å². The Balaban J connectivity index is 0.000000191. The van der Waals surface area contributed by atoms with Crippen molar-refractivity contribution >= 4 is 116 Å². The number of halogens is 16. The van der Waals surface area contributed by atoms with Gasteiger partial charge in [-0.05, 0) is 176 Å². The van der Waals surface area contributed by atoms with Crippen LogP contribution in [-0.2, 0) is 24.9 Å². The van der Waals surface area contributed by atoms with Crippen LogP contribution < -0.4 is 30.7 Å². The lowest BCUT2D eigenvalue weighted by molar-refractivity contribution is -0.274. The van der Waals surface area contributed by atoms with Gasteiger partial charge in [-0.1, -0.05) is 77.6 Å². The number of hydrogen-bond acceptors (Lipinski definition) is 18. The Bertz CT molecular complexity index is 5340. The van der Waals surface area contributed by atoms with E-state index in [0.29, 0.717) is 135 Å². The Morgan fingerprint density at radius 1 is 0.409 bits per heavy atom. The van der Waals surface area contributed by atoms with Crippen molar-refractivity contribution in [3.05, 3.63) is 245 Å². The highest BCUT2D eigenvalue weighted by molar-refractivity contribution is 6.33. The van der Waals surface area contributed by atoms with Crippen LogP contribution in [0, 0.1) is 6.92 Å². The number of alkyl halides is 12. The third-order valence-corrected chi connectivity index (χ3v) is 21.0. The summed E-state index contributed by atoms with van der Waals surface area (Å²) < 4.78 is 163. The van der Waals surface area contributed by atoms with Crippen molar-refractivity contribution < 1.29 is 122 Å². The summed E-state index contributed by atoms with van der Waals surface area (Å²) in [5.41, 5.74) is 6.11. The highest BCUT2D eigenvalue weighted by atomic mass is 35.5. The molecule has 0 aliphatic carbocycles. The average Bonchev–Trinajstić information content (AvgIpc) is 0.822. The van der Waals surface area contributed by atoms with Crippen LogP contribution >= 0.6 is 46.4 Å². The topological polar surface area (TPSA) is 361 Å². The van der Waals surface area contributed by atoms with Gasteiger partial charge in [0.05, 0.1) is 92.6 Å². The molecule has 4 aromatic carbocycles. The van der Waals surface area contributed by atoms with Crippen molar-refractivity contribution in [2.24, 2.45) is 0 Å². The van der Waals surface area contributed by atoms with Crippen LogP contribution in [0.3, 0.4) is 0 Å². The smallest absolute Gasteiger partial charge is 0.493 e. The van der Waals surface area contributed by atoms with Crippen LogP contribution in [0.2, 0.25) is 20.1 Å². The third-order valence-electron chi connectivity index (χ3n) is 19.9. The van der Waals surface area contributed by atoms with Gasteiger partial charge < -0.3 is 91.2 Å². The van der Waals surface area contributed by atoms with Gasteiger partial charge in [-0.3, -0.25) is 19.9 Å². The van der Waals surface area contributed by atoms with Crippen molar-refractivity contribution in [1.29, 1.82) is 0 Å². The fraction of sp³-hybridized carbons (Fsp3) is 0.341. The lowest BCUT2D eigenvalue weighted by atomic mass is 10.0. The molecule has 26 nitrogen and oxygen atoms in total.